The number of aromatic nitrogens is 2. The molecule has 1 aromatic carbocycles. The van der Waals surface area contributed by atoms with Gasteiger partial charge in [0.1, 0.15) is 0 Å². The highest BCUT2D eigenvalue weighted by molar-refractivity contribution is 6.32. The van der Waals surface area contributed by atoms with Gasteiger partial charge in [-0.2, -0.15) is 5.10 Å². The van der Waals surface area contributed by atoms with Crippen LogP contribution in [-0.4, -0.2) is 14.9 Å². The molecule has 2 aromatic rings. The summed E-state index contributed by atoms with van der Waals surface area (Å²) in [6, 6.07) is 5.09. The van der Waals surface area contributed by atoms with Gasteiger partial charge in [0, 0.05) is 29.2 Å². The number of aliphatic hydroxyl groups excluding tert-OH is 1. The largest absolute Gasteiger partial charge is 0.398 e. The highest BCUT2D eigenvalue weighted by Gasteiger charge is 2.20. The lowest BCUT2D eigenvalue weighted by atomic mass is 10.0. The third-order valence-corrected chi connectivity index (χ3v) is 4.16. The van der Waals surface area contributed by atoms with Crippen LogP contribution in [0.15, 0.2) is 18.2 Å². The number of hydrogen-bond donors (Lipinski definition) is 2. The molecule has 6 heteroatoms. The quantitative estimate of drug-likeness (QED) is 0.824. The zero-order valence-corrected chi connectivity index (χ0v) is 13.6. The Morgan fingerprint density at radius 1 is 1.33 bits per heavy atom. The molecule has 0 spiro atoms. The Hall–Kier alpha value is -1.23. The highest BCUT2D eigenvalue weighted by atomic mass is 35.5. The van der Waals surface area contributed by atoms with E-state index in [1.165, 1.54) is 0 Å². The first-order chi connectivity index (χ1) is 9.97. The van der Waals surface area contributed by atoms with Crippen molar-refractivity contribution < 1.29 is 5.11 Å². The number of aliphatic hydroxyl groups is 1. The minimum atomic E-state index is -0.744. The van der Waals surface area contributed by atoms with E-state index < -0.39 is 6.10 Å². The number of hydrogen-bond acceptors (Lipinski definition) is 3. The van der Waals surface area contributed by atoms with Gasteiger partial charge in [0.2, 0.25) is 0 Å². The zero-order chi connectivity index (χ0) is 15.6. The first-order valence-corrected chi connectivity index (χ1v) is 7.70. The molecule has 21 heavy (non-hydrogen) atoms. The average molecular weight is 328 g/mol. The molecule has 0 aliphatic heterocycles. The number of benzene rings is 1. The second-order valence-electron chi connectivity index (χ2n) is 4.87. The molecule has 114 valence electrons. The van der Waals surface area contributed by atoms with Gasteiger partial charge in [0.15, 0.2) is 0 Å². The number of rotatable bonds is 5. The fourth-order valence-electron chi connectivity index (χ4n) is 2.35. The normalized spacial score (nSPS) is 12.6. The van der Waals surface area contributed by atoms with Crippen LogP contribution in [0.1, 0.15) is 36.9 Å². The number of halogens is 2. The fraction of sp³-hybridized carbons (Fsp3) is 0.400. The van der Waals surface area contributed by atoms with Gasteiger partial charge in [-0.1, -0.05) is 36.2 Å². The van der Waals surface area contributed by atoms with Gasteiger partial charge in [0.25, 0.3) is 0 Å². The van der Waals surface area contributed by atoms with Crippen molar-refractivity contribution in [1.82, 2.24) is 9.78 Å². The van der Waals surface area contributed by atoms with Crippen LogP contribution in [0.2, 0.25) is 10.0 Å². The Morgan fingerprint density at radius 2 is 2.05 bits per heavy atom. The molecule has 0 amide bonds. The monoisotopic (exact) mass is 327 g/mol. The number of anilines is 1. The molecule has 1 unspecified atom stereocenters. The summed E-state index contributed by atoms with van der Waals surface area (Å²) in [6.07, 6.45) is 0.384. The molecule has 4 nitrogen and oxygen atoms in total. The second-order valence-corrected chi connectivity index (χ2v) is 5.68. The Labute approximate surface area is 134 Å². The summed E-state index contributed by atoms with van der Waals surface area (Å²) in [4.78, 5) is 0. The molecule has 0 fully saturated rings. The van der Waals surface area contributed by atoms with E-state index >= 15 is 0 Å². The SMILES string of the molecule is CCc1nn(CC)c(CC(O)c2ccc(Cl)cc2N)c1Cl. The molecule has 0 saturated heterocycles. The maximum atomic E-state index is 10.4. The third kappa shape index (κ3) is 3.34. The lowest BCUT2D eigenvalue weighted by molar-refractivity contribution is 0.176. The van der Waals surface area contributed by atoms with Crippen molar-refractivity contribution in [3.63, 3.8) is 0 Å². The van der Waals surface area contributed by atoms with Crippen LogP contribution in [0.25, 0.3) is 0 Å². The fourth-order valence-corrected chi connectivity index (χ4v) is 2.88. The third-order valence-electron chi connectivity index (χ3n) is 3.49. The minimum Gasteiger partial charge on any atom is -0.398 e. The zero-order valence-electron chi connectivity index (χ0n) is 12.1. The molecule has 1 heterocycles. The van der Waals surface area contributed by atoms with Crippen molar-refractivity contribution in [3.8, 4) is 0 Å². The summed E-state index contributed by atoms with van der Waals surface area (Å²) in [5.41, 5.74) is 8.73. The van der Waals surface area contributed by atoms with Gasteiger partial charge in [0.05, 0.1) is 22.5 Å². The lowest BCUT2D eigenvalue weighted by Gasteiger charge is -2.15. The van der Waals surface area contributed by atoms with E-state index in [4.69, 9.17) is 28.9 Å². The van der Waals surface area contributed by atoms with E-state index in [0.29, 0.717) is 34.3 Å². The molecule has 0 aliphatic rings. The summed E-state index contributed by atoms with van der Waals surface area (Å²) in [7, 11) is 0. The summed E-state index contributed by atoms with van der Waals surface area (Å²) >= 11 is 12.2. The van der Waals surface area contributed by atoms with Crippen LogP contribution < -0.4 is 5.73 Å². The van der Waals surface area contributed by atoms with Crippen molar-refractivity contribution in [2.75, 3.05) is 5.73 Å². The molecule has 2 rings (SSSR count). The van der Waals surface area contributed by atoms with Gasteiger partial charge < -0.3 is 10.8 Å². The van der Waals surface area contributed by atoms with E-state index in [9.17, 15) is 5.11 Å². The Bertz CT molecular complexity index is 640. The molecular weight excluding hydrogens is 309 g/mol. The topological polar surface area (TPSA) is 64.1 Å². The smallest absolute Gasteiger partial charge is 0.0865 e. The van der Waals surface area contributed by atoms with Crippen LogP contribution in [0.3, 0.4) is 0 Å². The van der Waals surface area contributed by atoms with E-state index in [1.54, 1.807) is 18.2 Å². The number of nitrogens with two attached hydrogens (primary N) is 1. The predicted octanol–water partition coefficient (Wildman–Crippen LogP) is 3.63. The minimum absolute atomic E-state index is 0.367. The average Bonchev–Trinajstić information content (AvgIpc) is 2.75. The van der Waals surface area contributed by atoms with Gasteiger partial charge in [-0.3, -0.25) is 4.68 Å². The van der Waals surface area contributed by atoms with E-state index in [-0.39, 0.29) is 0 Å². The molecule has 0 bridgehead atoms. The molecule has 1 aromatic heterocycles. The second kappa shape index (κ2) is 6.69. The Morgan fingerprint density at radius 3 is 2.62 bits per heavy atom. The van der Waals surface area contributed by atoms with Crippen molar-refractivity contribution in [2.24, 2.45) is 0 Å². The predicted molar refractivity (Wildman–Crippen MR) is 86.8 cm³/mol. The van der Waals surface area contributed by atoms with Gasteiger partial charge in [-0.05, 0) is 25.5 Å². The highest BCUT2D eigenvalue weighted by Crippen LogP contribution is 2.30. The molecule has 0 saturated carbocycles. The van der Waals surface area contributed by atoms with Crippen LogP contribution in [-0.2, 0) is 19.4 Å². The van der Waals surface area contributed by atoms with Crippen molar-refractivity contribution in [2.45, 2.75) is 39.3 Å². The van der Waals surface area contributed by atoms with Crippen molar-refractivity contribution in [3.05, 3.63) is 45.2 Å². The number of aryl methyl sites for hydroxylation is 2. The first kappa shape index (κ1) is 16.1. The molecule has 0 radical (unpaired) electrons. The van der Waals surface area contributed by atoms with Crippen molar-refractivity contribution in [1.29, 1.82) is 0 Å². The maximum absolute atomic E-state index is 10.4. The van der Waals surface area contributed by atoms with Crippen LogP contribution in [0.4, 0.5) is 5.69 Å². The van der Waals surface area contributed by atoms with Crippen molar-refractivity contribution >= 4 is 28.9 Å². The van der Waals surface area contributed by atoms with E-state index in [1.807, 2.05) is 18.5 Å². The van der Waals surface area contributed by atoms with Crippen LogP contribution >= 0.6 is 23.2 Å². The molecule has 3 N–H and O–H groups in total. The summed E-state index contributed by atoms with van der Waals surface area (Å²) in [6.45, 7) is 4.71. The lowest BCUT2D eigenvalue weighted by Crippen LogP contribution is -2.10. The summed E-state index contributed by atoms with van der Waals surface area (Å²) < 4.78 is 1.83. The van der Waals surface area contributed by atoms with Gasteiger partial charge >= 0.3 is 0 Å². The maximum Gasteiger partial charge on any atom is 0.0865 e. The van der Waals surface area contributed by atoms with Gasteiger partial charge in [-0.15, -0.1) is 0 Å². The molecule has 1 atom stereocenters. The Balaban J connectivity index is 2.31. The van der Waals surface area contributed by atoms with E-state index in [2.05, 4.69) is 5.10 Å². The molecule has 0 aliphatic carbocycles. The molecular formula is C15H19Cl2N3O. The first-order valence-electron chi connectivity index (χ1n) is 6.94. The Kier molecular flexibility index (Phi) is 5.14. The van der Waals surface area contributed by atoms with Crippen LogP contribution in [0, 0.1) is 0 Å². The summed E-state index contributed by atoms with van der Waals surface area (Å²) in [5.74, 6) is 0. The van der Waals surface area contributed by atoms with Gasteiger partial charge in [-0.25, -0.2) is 0 Å². The van der Waals surface area contributed by atoms with Crippen LogP contribution in [0.5, 0.6) is 0 Å². The number of nitrogen functional groups attached to an aromatic ring is 1. The number of nitrogens with zero attached hydrogens (tertiary/aromatic N) is 2. The summed E-state index contributed by atoms with van der Waals surface area (Å²) in [5, 5.41) is 16.1. The standard InChI is InChI=1S/C15H19Cl2N3O/c1-3-12-15(17)13(20(4-2)19-12)8-14(21)10-6-5-9(16)7-11(10)18/h5-7,14,21H,3-4,8,18H2,1-2H3. The van der Waals surface area contributed by atoms with E-state index in [0.717, 1.165) is 17.8 Å².